The average Bonchev–Trinajstić information content (AvgIpc) is 2.47. The molecule has 1 heterocycles. The molecule has 22 heavy (non-hydrogen) atoms. The highest BCUT2D eigenvalue weighted by Gasteiger charge is 2.31. The van der Waals surface area contributed by atoms with Gasteiger partial charge in [0, 0.05) is 26.7 Å². The summed E-state index contributed by atoms with van der Waals surface area (Å²) >= 11 is 0. The number of hydrogen-bond acceptors (Lipinski definition) is 4. The Balaban J connectivity index is 1.97. The van der Waals surface area contributed by atoms with E-state index in [0.29, 0.717) is 31.8 Å². The zero-order valence-electron chi connectivity index (χ0n) is 12.3. The first-order valence-corrected chi connectivity index (χ1v) is 7.08. The van der Waals surface area contributed by atoms with Crippen molar-refractivity contribution < 1.29 is 27.8 Å². The Hall–Kier alpha value is -1.15. The van der Waals surface area contributed by atoms with Gasteiger partial charge in [-0.2, -0.15) is 13.2 Å². The van der Waals surface area contributed by atoms with E-state index < -0.39 is 17.8 Å². The first kappa shape index (κ1) is 17.2. The van der Waals surface area contributed by atoms with Gasteiger partial charge in [0.15, 0.2) is 0 Å². The van der Waals surface area contributed by atoms with Crippen molar-refractivity contribution in [2.75, 3.05) is 40.0 Å². The van der Waals surface area contributed by atoms with Crippen LogP contribution < -0.4 is 0 Å². The van der Waals surface area contributed by atoms with Crippen molar-refractivity contribution in [1.82, 2.24) is 4.90 Å². The van der Waals surface area contributed by atoms with Gasteiger partial charge in [-0.1, -0.05) is 12.1 Å². The fourth-order valence-corrected chi connectivity index (χ4v) is 2.50. The summed E-state index contributed by atoms with van der Waals surface area (Å²) in [6.45, 7) is 2.39. The third-order valence-electron chi connectivity index (χ3n) is 3.59. The van der Waals surface area contributed by atoms with Crippen LogP contribution in [-0.2, 0) is 15.7 Å². The first-order chi connectivity index (χ1) is 10.4. The minimum atomic E-state index is -4.33. The normalized spacial score (nSPS) is 21.8. The van der Waals surface area contributed by atoms with Crippen LogP contribution in [0.3, 0.4) is 0 Å². The zero-order valence-corrected chi connectivity index (χ0v) is 12.3. The molecule has 7 heteroatoms. The standard InChI is InChI=1S/C15H20F3NO3/c1-21-10-13(20)8-19-6-7-22-14(9-19)11-2-4-12(5-3-11)15(16,17)18/h2-5,13-14,20H,6-10H2,1H3/t13-,14+/m1/s1. The van der Waals surface area contributed by atoms with Crippen molar-refractivity contribution in [3.05, 3.63) is 35.4 Å². The van der Waals surface area contributed by atoms with Gasteiger partial charge < -0.3 is 14.6 Å². The molecule has 0 aromatic heterocycles. The number of alkyl halides is 3. The van der Waals surface area contributed by atoms with E-state index in [4.69, 9.17) is 9.47 Å². The molecule has 1 fully saturated rings. The first-order valence-electron chi connectivity index (χ1n) is 7.08. The van der Waals surface area contributed by atoms with Crippen LogP contribution >= 0.6 is 0 Å². The summed E-state index contributed by atoms with van der Waals surface area (Å²) in [5, 5.41) is 9.75. The molecule has 1 aromatic rings. The highest BCUT2D eigenvalue weighted by Crippen LogP contribution is 2.31. The largest absolute Gasteiger partial charge is 0.416 e. The Kier molecular flexibility index (Phi) is 5.80. The highest BCUT2D eigenvalue weighted by atomic mass is 19.4. The number of β-amino-alcohol motifs (C(OH)–C–C–N with tert-alkyl or cyclic N) is 1. The quantitative estimate of drug-likeness (QED) is 0.902. The molecule has 0 saturated carbocycles. The van der Waals surface area contributed by atoms with Crippen LogP contribution in [0.5, 0.6) is 0 Å². The maximum absolute atomic E-state index is 12.6. The molecular weight excluding hydrogens is 299 g/mol. The number of methoxy groups -OCH3 is 1. The lowest BCUT2D eigenvalue weighted by Gasteiger charge is -2.34. The summed E-state index contributed by atoms with van der Waals surface area (Å²) in [6, 6.07) is 5.03. The molecular formula is C15H20F3NO3. The predicted octanol–water partition coefficient (Wildman–Crippen LogP) is 2.09. The lowest BCUT2D eigenvalue weighted by molar-refractivity contribution is -0.137. The van der Waals surface area contributed by atoms with Gasteiger partial charge in [0.25, 0.3) is 0 Å². The van der Waals surface area contributed by atoms with E-state index in [0.717, 1.165) is 12.1 Å². The third kappa shape index (κ3) is 4.67. The van der Waals surface area contributed by atoms with Crippen molar-refractivity contribution >= 4 is 0 Å². The van der Waals surface area contributed by atoms with Crippen molar-refractivity contribution in [3.8, 4) is 0 Å². The Morgan fingerprint density at radius 2 is 2.05 bits per heavy atom. The molecule has 1 aliphatic heterocycles. The van der Waals surface area contributed by atoms with Crippen molar-refractivity contribution in [2.45, 2.75) is 18.4 Å². The summed E-state index contributed by atoms with van der Waals surface area (Å²) in [6.07, 6.45) is -5.20. The van der Waals surface area contributed by atoms with Gasteiger partial charge >= 0.3 is 6.18 Å². The fourth-order valence-electron chi connectivity index (χ4n) is 2.50. The third-order valence-corrected chi connectivity index (χ3v) is 3.59. The van der Waals surface area contributed by atoms with Crippen LogP contribution in [0.2, 0.25) is 0 Å². The highest BCUT2D eigenvalue weighted by molar-refractivity contribution is 5.26. The predicted molar refractivity (Wildman–Crippen MR) is 74.5 cm³/mol. The molecule has 1 aliphatic rings. The number of aliphatic hydroxyl groups is 1. The Morgan fingerprint density at radius 1 is 1.36 bits per heavy atom. The Morgan fingerprint density at radius 3 is 2.64 bits per heavy atom. The van der Waals surface area contributed by atoms with Crippen LogP contribution in [0, 0.1) is 0 Å². The lowest BCUT2D eigenvalue weighted by atomic mass is 10.0. The molecule has 0 bridgehead atoms. The Bertz CT molecular complexity index is 464. The van der Waals surface area contributed by atoms with Gasteiger partial charge in [0.2, 0.25) is 0 Å². The number of morpholine rings is 1. The molecule has 4 nitrogen and oxygen atoms in total. The average molecular weight is 319 g/mol. The molecule has 0 amide bonds. The minimum Gasteiger partial charge on any atom is -0.389 e. The number of rotatable bonds is 5. The van der Waals surface area contributed by atoms with Crippen LogP contribution in [-0.4, -0.2) is 56.1 Å². The van der Waals surface area contributed by atoms with E-state index in [1.165, 1.54) is 19.2 Å². The molecule has 2 rings (SSSR count). The fraction of sp³-hybridized carbons (Fsp3) is 0.600. The van der Waals surface area contributed by atoms with E-state index in [1.54, 1.807) is 0 Å². The second-order valence-electron chi connectivity index (χ2n) is 5.35. The van der Waals surface area contributed by atoms with Crippen molar-refractivity contribution in [1.29, 1.82) is 0 Å². The number of nitrogens with zero attached hydrogens (tertiary/aromatic N) is 1. The van der Waals surface area contributed by atoms with Crippen LogP contribution in [0.4, 0.5) is 13.2 Å². The van der Waals surface area contributed by atoms with Crippen molar-refractivity contribution in [2.24, 2.45) is 0 Å². The topological polar surface area (TPSA) is 41.9 Å². The van der Waals surface area contributed by atoms with E-state index >= 15 is 0 Å². The molecule has 124 valence electrons. The second-order valence-corrected chi connectivity index (χ2v) is 5.35. The molecule has 0 radical (unpaired) electrons. The molecule has 1 N–H and O–H groups in total. The molecule has 0 aliphatic carbocycles. The monoisotopic (exact) mass is 319 g/mol. The van der Waals surface area contributed by atoms with E-state index in [1.807, 2.05) is 4.90 Å². The second kappa shape index (κ2) is 7.41. The Labute approximate surface area is 127 Å². The number of aliphatic hydroxyl groups excluding tert-OH is 1. The summed E-state index contributed by atoms with van der Waals surface area (Å²) in [5.74, 6) is 0. The van der Waals surface area contributed by atoms with Crippen LogP contribution in [0.1, 0.15) is 17.2 Å². The van der Waals surface area contributed by atoms with Gasteiger partial charge in [0.1, 0.15) is 0 Å². The molecule has 2 atom stereocenters. The summed E-state index contributed by atoms with van der Waals surface area (Å²) < 4.78 is 48.2. The van der Waals surface area contributed by atoms with Gasteiger partial charge in [-0.05, 0) is 17.7 Å². The number of hydrogen-bond donors (Lipinski definition) is 1. The van der Waals surface area contributed by atoms with Gasteiger partial charge in [-0.15, -0.1) is 0 Å². The summed E-state index contributed by atoms with van der Waals surface area (Å²) in [7, 11) is 1.52. The summed E-state index contributed by atoms with van der Waals surface area (Å²) in [4.78, 5) is 2.02. The number of benzene rings is 1. The molecule has 0 spiro atoms. The summed E-state index contributed by atoms with van der Waals surface area (Å²) in [5.41, 5.74) is 0.0402. The van der Waals surface area contributed by atoms with Gasteiger partial charge in [-0.3, -0.25) is 4.90 Å². The molecule has 1 saturated heterocycles. The van der Waals surface area contributed by atoms with E-state index in [2.05, 4.69) is 0 Å². The maximum atomic E-state index is 12.6. The number of halogens is 3. The lowest BCUT2D eigenvalue weighted by Crippen LogP contribution is -2.43. The molecule has 1 aromatic carbocycles. The van der Waals surface area contributed by atoms with Crippen LogP contribution in [0.15, 0.2) is 24.3 Å². The van der Waals surface area contributed by atoms with Gasteiger partial charge in [0.05, 0.1) is 31.0 Å². The van der Waals surface area contributed by atoms with E-state index in [-0.39, 0.29) is 12.7 Å². The van der Waals surface area contributed by atoms with Crippen molar-refractivity contribution in [3.63, 3.8) is 0 Å². The zero-order chi connectivity index (χ0) is 16.2. The maximum Gasteiger partial charge on any atom is 0.416 e. The minimum absolute atomic E-state index is 0.252. The van der Waals surface area contributed by atoms with Crippen LogP contribution in [0.25, 0.3) is 0 Å². The SMILES string of the molecule is COC[C@H](O)CN1CCO[C@H](c2ccc(C(F)(F)F)cc2)C1. The van der Waals surface area contributed by atoms with E-state index in [9.17, 15) is 18.3 Å². The molecule has 0 unspecified atom stereocenters. The van der Waals surface area contributed by atoms with Gasteiger partial charge in [-0.25, -0.2) is 0 Å². The smallest absolute Gasteiger partial charge is 0.389 e. The number of ether oxygens (including phenoxy) is 2.